The summed E-state index contributed by atoms with van der Waals surface area (Å²) in [6.07, 6.45) is 4.27. The summed E-state index contributed by atoms with van der Waals surface area (Å²) < 4.78 is 6.77. The van der Waals surface area contributed by atoms with Gasteiger partial charge < -0.3 is 15.2 Å². The van der Waals surface area contributed by atoms with Gasteiger partial charge in [-0.25, -0.2) is 4.98 Å². The third kappa shape index (κ3) is 3.17. The summed E-state index contributed by atoms with van der Waals surface area (Å²) in [4.78, 5) is 20.4. The molecule has 0 fully saturated rings. The first kappa shape index (κ1) is 18.5. The molecule has 2 N–H and O–H groups in total. The molecule has 0 spiro atoms. The third-order valence-corrected chi connectivity index (χ3v) is 6.55. The molecular weight excluding hydrogens is 388 g/mol. The molecule has 7 nitrogen and oxygen atoms in total. The van der Waals surface area contributed by atoms with E-state index in [2.05, 4.69) is 10.4 Å². The summed E-state index contributed by atoms with van der Waals surface area (Å²) in [6.45, 7) is 1.27. The molecule has 1 aliphatic carbocycles. The van der Waals surface area contributed by atoms with Gasteiger partial charge in [0.25, 0.3) is 5.56 Å². The number of aryl methyl sites for hydroxylation is 2. The number of rotatable bonds is 6. The van der Waals surface area contributed by atoms with E-state index in [1.807, 2.05) is 24.3 Å². The Kier molecular flexibility index (Phi) is 4.91. The minimum atomic E-state index is -0.0882. The van der Waals surface area contributed by atoms with Crippen molar-refractivity contribution in [2.45, 2.75) is 25.7 Å². The van der Waals surface area contributed by atoms with Crippen LogP contribution in [0.3, 0.4) is 0 Å². The summed E-state index contributed by atoms with van der Waals surface area (Å²) in [5.74, 6) is 0.632. The molecule has 29 heavy (non-hydrogen) atoms. The van der Waals surface area contributed by atoms with Crippen LogP contribution in [0.1, 0.15) is 23.3 Å². The number of benzene rings is 1. The van der Waals surface area contributed by atoms with Gasteiger partial charge in [-0.3, -0.25) is 4.79 Å². The molecule has 0 amide bonds. The molecule has 4 aromatic rings. The van der Waals surface area contributed by atoms with Crippen LogP contribution in [-0.4, -0.2) is 46.1 Å². The van der Waals surface area contributed by atoms with Crippen LogP contribution in [-0.2, 0) is 17.6 Å². The molecular formula is C21H22N4O3S. The Morgan fingerprint density at radius 1 is 1.17 bits per heavy atom. The van der Waals surface area contributed by atoms with Crippen molar-refractivity contribution < 1.29 is 9.84 Å². The lowest BCUT2D eigenvalue weighted by Crippen LogP contribution is -2.21. The molecule has 150 valence electrons. The molecule has 0 atom stereocenters. The van der Waals surface area contributed by atoms with Crippen LogP contribution in [0.5, 0.6) is 0 Å². The van der Waals surface area contributed by atoms with Crippen LogP contribution in [0.4, 0.5) is 5.82 Å². The molecule has 8 heteroatoms. The van der Waals surface area contributed by atoms with E-state index in [0.717, 1.165) is 40.3 Å². The van der Waals surface area contributed by atoms with Crippen molar-refractivity contribution in [3.63, 3.8) is 0 Å². The first-order valence-corrected chi connectivity index (χ1v) is 10.8. The largest absolute Gasteiger partial charge is 0.394 e. The summed E-state index contributed by atoms with van der Waals surface area (Å²) in [5, 5.41) is 19.3. The van der Waals surface area contributed by atoms with Crippen LogP contribution < -0.4 is 10.9 Å². The van der Waals surface area contributed by atoms with Gasteiger partial charge in [0.1, 0.15) is 4.83 Å². The van der Waals surface area contributed by atoms with E-state index in [9.17, 15) is 4.79 Å². The van der Waals surface area contributed by atoms with Gasteiger partial charge in [-0.1, -0.05) is 24.3 Å². The van der Waals surface area contributed by atoms with Gasteiger partial charge in [-0.2, -0.15) is 4.52 Å². The number of fused-ring (bicyclic) bond motifs is 6. The highest BCUT2D eigenvalue weighted by atomic mass is 32.1. The van der Waals surface area contributed by atoms with Gasteiger partial charge in [-0.05, 0) is 31.2 Å². The van der Waals surface area contributed by atoms with Crippen molar-refractivity contribution in [3.8, 4) is 0 Å². The van der Waals surface area contributed by atoms with E-state index >= 15 is 0 Å². The number of ether oxygens (including phenoxy) is 1. The summed E-state index contributed by atoms with van der Waals surface area (Å²) in [7, 11) is 0. The SMILES string of the molecule is O=c1c2c3c(sc2nc2c4ccccc4c(NCCOCCO)nn12)CCCC3. The van der Waals surface area contributed by atoms with Crippen molar-refractivity contribution in [1.82, 2.24) is 14.6 Å². The molecule has 0 saturated heterocycles. The van der Waals surface area contributed by atoms with Crippen molar-refractivity contribution in [1.29, 1.82) is 0 Å². The summed E-state index contributed by atoms with van der Waals surface area (Å²) >= 11 is 1.66. The van der Waals surface area contributed by atoms with Crippen LogP contribution in [0.2, 0.25) is 0 Å². The zero-order chi connectivity index (χ0) is 19.8. The monoisotopic (exact) mass is 410 g/mol. The Morgan fingerprint density at radius 2 is 2.00 bits per heavy atom. The van der Waals surface area contributed by atoms with Gasteiger partial charge >= 0.3 is 0 Å². The number of nitrogens with one attached hydrogen (secondary N) is 1. The molecule has 3 aromatic heterocycles. The van der Waals surface area contributed by atoms with Crippen molar-refractivity contribution >= 4 is 43.8 Å². The number of aromatic nitrogens is 3. The Hall–Kier alpha value is -2.55. The summed E-state index contributed by atoms with van der Waals surface area (Å²) in [5.41, 5.74) is 1.68. The maximum atomic E-state index is 13.4. The van der Waals surface area contributed by atoms with Gasteiger partial charge in [-0.15, -0.1) is 16.4 Å². The van der Waals surface area contributed by atoms with Crippen LogP contribution in [0.15, 0.2) is 29.1 Å². The van der Waals surface area contributed by atoms with Gasteiger partial charge in [0.2, 0.25) is 0 Å². The van der Waals surface area contributed by atoms with E-state index in [-0.39, 0.29) is 12.2 Å². The first-order valence-electron chi connectivity index (χ1n) is 9.96. The minimum absolute atomic E-state index is 0.000814. The van der Waals surface area contributed by atoms with Gasteiger partial charge in [0, 0.05) is 22.2 Å². The first-order chi connectivity index (χ1) is 14.3. The number of aliphatic hydroxyl groups excluding tert-OH is 1. The van der Waals surface area contributed by atoms with Crippen LogP contribution in [0, 0.1) is 0 Å². The third-order valence-electron chi connectivity index (χ3n) is 5.36. The predicted molar refractivity (Wildman–Crippen MR) is 115 cm³/mol. The number of hydrogen-bond acceptors (Lipinski definition) is 7. The molecule has 0 bridgehead atoms. The normalized spacial score (nSPS) is 14.0. The molecule has 0 aliphatic heterocycles. The number of nitrogens with zero attached hydrogens (tertiary/aromatic N) is 3. The van der Waals surface area contributed by atoms with Crippen LogP contribution >= 0.6 is 11.3 Å². The smallest absolute Gasteiger partial charge is 0.283 e. The highest BCUT2D eigenvalue weighted by Crippen LogP contribution is 2.34. The molecule has 5 rings (SSSR count). The maximum absolute atomic E-state index is 13.4. The fourth-order valence-corrected chi connectivity index (χ4v) is 5.29. The highest BCUT2D eigenvalue weighted by molar-refractivity contribution is 7.18. The number of hydrogen-bond donors (Lipinski definition) is 2. The second kappa shape index (κ2) is 7.70. The fourth-order valence-electron chi connectivity index (χ4n) is 4.04. The average molecular weight is 410 g/mol. The lowest BCUT2D eigenvalue weighted by molar-refractivity contribution is 0.0992. The minimum Gasteiger partial charge on any atom is -0.394 e. The Morgan fingerprint density at radius 3 is 2.86 bits per heavy atom. The quantitative estimate of drug-likeness (QED) is 0.375. The Labute approximate surface area is 171 Å². The second-order valence-corrected chi connectivity index (χ2v) is 8.28. The summed E-state index contributed by atoms with van der Waals surface area (Å²) in [6, 6.07) is 7.86. The zero-order valence-electron chi connectivity index (χ0n) is 16.0. The van der Waals surface area contributed by atoms with E-state index in [0.29, 0.717) is 31.2 Å². The van der Waals surface area contributed by atoms with Crippen LogP contribution in [0.25, 0.3) is 26.6 Å². The molecule has 3 heterocycles. The van der Waals surface area contributed by atoms with Gasteiger partial charge in [0.05, 0.1) is 25.2 Å². The fraction of sp³-hybridized carbons (Fsp3) is 0.381. The molecule has 0 radical (unpaired) electrons. The standard InChI is InChI=1S/C21H22N4O3S/c26-10-12-28-11-9-22-18-13-5-1-2-6-14(13)19-23-20-17(21(27)25(19)24-18)15-7-3-4-8-16(15)29-20/h1-2,5-6,26H,3-4,7-12H2,(H,22,24). The zero-order valence-corrected chi connectivity index (χ0v) is 16.8. The maximum Gasteiger partial charge on any atom is 0.283 e. The Balaban J connectivity index is 1.68. The topological polar surface area (TPSA) is 88.8 Å². The average Bonchev–Trinajstić information content (AvgIpc) is 3.13. The number of aliphatic hydroxyl groups is 1. The predicted octanol–water partition coefficient (Wildman–Crippen LogP) is 2.76. The Bertz CT molecular complexity index is 1260. The number of thiophene rings is 1. The van der Waals surface area contributed by atoms with E-state index in [1.54, 1.807) is 11.3 Å². The van der Waals surface area contributed by atoms with Crippen molar-refractivity contribution in [2.24, 2.45) is 0 Å². The number of anilines is 1. The van der Waals surface area contributed by atoms with E-state index < -0.39 is 0 Å². The lowest BCUT2D eigenvalue weighted by atomic mass is 9.97. The van der Waals surface area contributed by atoms with Crippen molar-refractivity contribution in [3.05, 3.63) is 45.1 Å². The van der Waals surface area contributed by atoms with E-state index in [1.165, 1.54) is 21.4 Å². The molecule has 0 saturated carbocycles. The van der Waals surface area contributed by atoms with E-state index in [4.69, 9.17) is 14.8 Å². The molecule has 1 aliphatic rings. The molecule has 0 unspecified atom stereocenters. The second-order valence-electron chi connectivity index (χ2n) is 7.20. The highest BCUT2D eigenvalue weighted by Gasteiger charge is 2.22. The van der Waals surface area contributed by atoms with Crippen molar-refractivity contribution in [2.75, 3.05) is 31.7 Å². The molecule has 1 aromatic carbocycles. The lowest BCUT2D eigenvalue weighted by Gasteiger charge is -2.12. The van der Waals surface area contributed by atoms with Gasteiger partial charge in [0.15, 0.2) is 11.5 Å².